The van der Waals surface area contributed by atoms with Crippen molar-refractivity contribution in [2.45, 2.75) is 93.7 Å². The van der Waals surface area contributed by atoms with Gasteiger partial charge in [0.25, 0.3) is 11.5 Å². The molecule has 0 spiro atoms. The quantitative estimate of drug-likeness (QED) is 0.0277. The fourth-order valence-electron chi connectivity index (χ4n) is 6.49. The number of hydrogen-bond acceptors (Lipinski definition) is 22. The number of carbonyl (C=O) groups excluding carboxylic acids is 5. The smallest absolute Gasteiger partial charge is 0.327 e. The van der Waals surface area contributed by atoms with Crippen LogP contribution in [0.1, 0.15) is 54.6 Å². The van der Waals surface area contributed by atoms with E-state index in [1.807, 2.05) is 5.32 Å². The number of ketones is 2. The van der Waals surface area contributed by atoms with E-state index in [4.69, 9.17) is 5.73 Å². The van der Waals surface area contributed by atoms with Crippen molar-refractivity contribution < 1.29 is 89.4 Å². The molecule has 29 heteroatoms. The van der Waals surface area contributed by atoms with E-state index in [2.05, 4.69) is 48.5 Å². The van der Waals surface area contributed by atoms with Gasteiger partial charge in [0.05, 0.1) is 62.2 Å². The summed E-state index contributed by atoms with van der Waals surface area (Å²) in [6.07, 6.45) is -14.7. The van der Waals surface area contributed by atoms with Crippen molar-refractivity contribution in [3.05, 3.63) is 52.1 Å². The second kappa shape index (κ2) is 26.7. The number of carboxylic acids is 3. The molecule has 3 amide bonds. The highest BCUT2D eigenvalue weighted by Gasteiger charge is 2.40. The fraction of sp³-hybridized carbons (Fsp3) is 0.500. The highest BCUT2D eigenvalue weighted by Crippen LogP contribution is 2.22. The number of nitrogen functional groups attached to an aromatic ring is 1. The molecule has 0 aliphatic heterocycles. The average Bonchev–Trinajstić information content (AvgIpc) is 3.30. The molecule has 1 aromatic carbocycles. The molecule has 0 aliphatic carbocycles. The largest absolute Gasteiger partial charge is 0.481 e. The summed E-state index contributed by atoms with van der Waals surface area (Å²) in [5, 5.41) is 108. The minimum absolute atomic E-state index is 0.0198. The Bertz CT molecular complexity index is 2370. The molecule has 28 nitrogen and oxygen atoms in total. The van der Waals surface area contributed by atoms with Crippen LogP contribution in [-0.2, 0) is 40.1 Å². The third kappa shape index (κ3) is 17.1. The van der Waals surface area contributed by atoms with Crippen LogP contribution in [0.25, 0.3) is 11.2 Å². The highest BCUT2D eigenvalue weighted by atomic mass is 32.1. The number of aliphatic hydroxyl groups excluding tert-OH is 7. The Kier molecular flexibility index (Phi) is 21.9. The predicted molar refractivity (Wildman–Crippen MR) is 237 cm³/mol. The maximum atomic E-state index is 13.7. The molecule has 0 saturated carbocycles. The van der Waals surface area contributed by atoms with Crippen LogP contribution in [0.2, 0.25) is 0 Å². The van der Waals surface area contributed by atoms with Crippen LogP contribution in [0.4, 0.5) is 11.6 Å². The molecule has 3 aromatic rings. The number of aliphatic carboxylic acids is 3. The van der Waals surface area contributed by atoms with E-state index in [0.29, 0.717) is 11.4 Å². The van der Waals surface area contributed by atoms with Crippen molar-refractivity contribution in [2.24, 2.45) is 11.8 Å². The zero-order valence-corrected chi connectivity index (χ0v) is 37.1. The molecule has 378 valence electrons. The van der Waals surface area contributed by atoms with Crippen LogP contribution in [0.5, 0.6) is 0 Å². The number of amides is 3. The molecule has 0 saturated heterocycles. The van der Waals surface area contributed by atoms with Crippen LogP contribution in [-0.4, -0.2) is 186 Å². The number of carboxylic acid groups (broad SMARTS) is 3. The van der Waals surface area contributed by atoms with Crippen molar-refractivity contribution in [3.8, 4) is 0 Å². The minimum atomic E-state index is -2.42. The van der Waals surface area contributed by atoms with Gasteiger partial charge in [-0.1, -0.05) is 0 Å². The Morgan fingerprint density at radius 3 is 1.94 bits per heavy atom. The number of aromatic amines is 1. The van der Waals surface area contributed by atoms with Gasteiger partial charge in [-0.3, -0.25) is 38.5 Å². The van der Waals surface area contributed by atoms with Gasteiger partial charge in [-0.25, -0.2) is 19.6 Å². The molecule has 69 heavy (non-hydrogen) atoms. The third-order valence-electron chi connectivity index (χ3n) is 10.4. The second-order valence-corrected chi connectivity index (χ2v) is 15.9. The van der Waals surface area contributed by atoms with E-state index in [9.17, 15) is 94.2 Å². The minimum Gasteiger partial charge on any atom is -0.481 e. The van der Waals surface area contributed by atoms with E-state index in [1.165, 1.54) is 30.5 Å². The first-order valence-corrected chi connectivity index (χ1v) is 21.3. The predicted octanol–water partition coefficient (Wildman–Crippen LogP) is -5.34. The van der Waals surface area contributed by atoms with Crippen molar-refractivity contribution >= 4 is 82.6 Å². The van der Waals surface area contributed by atoms with Crippen molar-refractivity contribution in [3.63, 3.8) is 0 Å². The summed E-state index contributed by atoms with van der Waals surface area (Å²) in [5.74, 6) is -15.2. The Hall–Kier alpha value is -6.73. The molecule has 2 heterocycles. The lowest BCUT2D eigenvalue weighted by atomic mass is 9.87. The molecule has 10 atom stereocenters. The molecule has 0 fully saturated rings. The molecular weight excluding hydrogens is 943 g/mol. The number of aliphatic hydroxyl groups is 7. The first-order valence-electron chi connectivity index (χ1n) is 20.7. The standard InChI is InChI=1S/C40H53N9O19S/c41-40-48-33-30(37(64)49-40)44-19(12-43-33)11-42-18-3-1-16(2-4-18)34(61)45-22(38(65)66)6-5-20(52)9-21(31(59)32(60)28(56)14-51)36(63)46-23(10-29(57)58)25(53)7-17(8-26(54)27(55)13-50)35(62)47-24(15-69)39(67)68/h1-4,12,17,21-24,26-28,31-32,42,50-51,54-56,59-60,69H,5-11,13-15H2,(H,45,61)(H,46,63)(H,47,62)(H,57,58)(H,65,66)(H,67,68)(H3,41,43,48,49,64)/t17?,21?,22-,23-,24+,26-,27+,28+,31?,32+/m0/s1. The molecular formula is C40H53N9O19S. The highest BCUT2D eigenvalue weighted by molar-refractivity contribution is 7.80. The summed E-state index contributed by atoms with van der Waals surface area (Å²) in [5.41, 5.74) is 5.71. The van der Waals surface area contributed by atoms with E-state index >= 15 is 0 Å². The number of thiol groups is 1. The van der Waals surface area contributed by atoms with Gasteiger partial charge < -0.3 is 78.1 Å². The lowest BCUT2D eigenvalue weighted by molar-refractivity contribution is -0.146. The second-order valence-electron chi connectivity index (χ2n) is 15.6. The van der Waals surface area contributed by atoms with Gasteiger partial charge in [-0.05, 0) is 37.1 Å². The number of benzene rings is 1. The van der Waals surface area contributed by atoms with Crippen LogP contribution < -0.4 is 32.6 Å². The van der Waals surface area contributed by atoms with Crippen LogP contribution in [0.15, 0.2) is 35.3 Å². The van der Waals surface area contributed by atoms with Gasteiger partial charge >= 0.3 is 17.9 Å². The number of fused-ring (bicyclic) bond motifs is 1. The zero-order chi connectivity index (χ0) is 51.7. The lowest BCUT2D eigenvalue weighted by Gasteiger charge is -2.29. The molecule has 3 rings (SSSR count). The van der Waals surface area contributed by atoms with Crippen LogP contribution in [0.3, 0.4) is 0 Å². The Labute approximate surface area is 394 Å². The van der Waals surface area contributed by atoms with E-state index in [0.717, 1.165) is 0 Å². The van der Waals surface area contributed by atoms with Crippen molar-refractivity contribution in [2.75, 3.05) is 30.0 Å². The fourth-order valence-corrected chi connectivity index (χ4v) is 6.74. The molecule has 0 bridgehead atoms. The van der Waals surface area contributed by atoms with E-state index in [-0.39, 0.29) is 29.2 Å². The topological polar surface area (TPSA) is 485 Å². The van der Waals surface area contributed by atoms with Crippen molar-refractivity contribution in [1.29, 1.82) is 0 Å². The number of carbonyl (C=O) groups is 8. The zero-order valence-electron chi connectivity index (χ0n) is 36.2. The molecule has 3 unspecified atom stereocenters. The number of hydrogen-bond donors (Lipinski definition) is 17. The number of H-pyrrole nitrogens is 1. The maximum Gasteiger partial charge on any atom is 0.327 e. The average molecular weight is 996 g/mol. The summed E-state index contributed by atoms with van der Waals surface area (Å²) < 4.78 is 0. The van der Waals surface area contributed by atoms with Gasteiger partial charge in [0.2, 0.25) is 17.8 Å². The first kappa shape index (κ1) is 56.6. The Morgan fingerprint density at radius 1 is 0.739 bits per heavy atom. The Balaban J connectivity index is 1.75. The number of aromatic nitrogens is 4. The van der Waals surface area contributed by atoms with Crippen molar-refractivity contribution in [1.82, 2.24) is 35.9 Å². The van der Waals surface area contributed by atoms with Gasteiger partial charge in [0.15, 0.2) is 16.9 Å². The number of rotatable bonds is 30. The molecule has 17 N–H and O–H groups in total. The van der Waals surface area contributed by atoms with E-state index in [1.54, 1.807) is 0 Å². The monoisotopic (exact) mass is 995 g/mol. The summed E-state index contributed by atoms with van der Waals surface area (Å²) in [6.45, 7) is -2.10. The van der Waals surface area contributed by atoms with Gasteiger partial charge in [0.1, 0.15) is 36.2 Å². The molecule has 0 aliphatic rings. The number of nitrogens with zero attached hydrogens (tertiary/aromatic N) is 3. The third-order valence-corrected chi connectivity index (χ3v) is 10.8. The normalized spacial score (nSPS) is 15.7. The summed E-state index contributed by atoms with van der Waals surface area (Å²) in [6, 6.07) is 0.156. The maximum absolute atomic E-state index is 13.7. The summed E-state index contributed by atoms with van der Waals surface area (Å²) >= 11 is 3.82. The molecule has 2 aromatic heterocycles. The van der Waals surface area contributed by atoms with Gasteiger partial charge in [0, 0.05) is 42.2 Å². The number of nitrogens with two attached hydrogens (primary N) is 1. The van der Waals surface area contributed by atoms with Crippen LogP contribution in [0, 0.1) is 11.8 Å². The SMILES string of the molecule is Nc1nc2ncc(CNc3ccc(C(=O)N[C@@H](CCC(=O)CC(C(=O)N[C@@H](CC(=O)O)C(=O)CC(C[C@H](O)[C@H](O)CO)C(=O)N[C@H](CS)C(=O)O)C(O)[C@H](O)[C@H](O)CO)C(=O)O)cc3)nc2c(=O)[nH]1. The Morgan fingerprint density at radius 2 is 1.36 bits per heavy atom. The van der Waals surface area contributed by atoms with Gasteiger partial charge in [-0.15, -0.1) is 0 Å². The first-order chi connectivity index (χ1) is 32.5. The lowest BCUT2D eigenvalue weighted by Crippen LogP contribution is -2.53. The summed E-state index contributed by atoms with van der Waals surface area (Å²) in [4.78, 5) is 129. The number of Topliss-reactive ketones (excluding diaryl/α,β-unsaturated/α-hetero) is 2. The van der Waals surface area contributed by atoms with Crippen LogP contribution >= 0.6 is 12.6 Å². The number of anilines is 2. The van der Waals surface area contributed by atoms with E-state index < -0.39 is 171 Å². The number of nitrogens with one attached hydrogen (secondary N) is 5. The summed E-state index contributed by atoms with van der Waals surface area (Å²) in [7, 11) is 0. The van der Waals surface area contributed by atoms with Gasteiger partial charge in [-0.2, -0.15) is 17.6 Å². The molecule has 0 radical (unpaired) electrons.